The summed E-state index contributed by atoms with van der Waals surface area (Å²) in [4.78, 5) is 4.30. The molecule has 5 nitrogen and oxygen atoms in total. The molecule has 0 aliphatic rings. The molecule has 0 aromatic carbocycles. The molecule has 0 radical (unpaired) electrons. The second kappa shape index (κ2) is 12.3. The lowest BCUT2D eigenvalue weighted by Gasteiger charge is -2.08. The second-order valence-electron chi connectivity index (χ2n) is 3.56. The topological polar surface area (TPSA) is 71.7 Å². The van der Waals surface area contributed by atoms with Crippen molar-refractivity contribution in [3.8, 4) is 0 Å². The lowest BCUT2D eigenvalue weighted by atomic mass is 10.2. The molecule has 5 heteroatoms. The zero-order valence-corrected chi connectivity index (χ0v) is 10.6. The zero-order valence-electron chi connectivity index (χ0n) is 10.6. The minimum atomic E-state index is 0.674. The van der Waals surface area contributed by atoms with E-state index >= 15 is 0 Å². The number of nitrogens with two attached hydrogens (primary N) is 1. The summed E-state index contributed by atoms with van der Waals surface area (Å²) in [5.74, 6) is 6.03. The van der Waals surface area contributed by atoms with E-state index in [1.54, 1.807) is 0 Å². The van der Waals surface area contributed by atoms with Crippen LogP contribution >= 0.6 is 0 Å². The maximum atomic E-state index is 5.35. The van der Waals surface area contributed by atoms with Crippen LogP contribution < -0.4 is 16.6 Å². The fraction of sp³-hybridized carbons (Fsp3) is 0.909. The Morgan fingerprint density at radius 2 is 2.06 bits per heavy atom. The van der Waals surface area contributed by atoms with Gasteiger partial charge in [-0.2, -0.15) is 0 Å². The van der Waals surface area contributed by atoms with Crippen molar-refractivity contribution in [2.75, 3.05) is 26.3 Å². The highest BCUT2D eigenvalue weighted by Crippen LogP contribution is 1.91. The van der Waals surface area contributed by atoms with E-state index in [9.17, 15) is 0 Å². The predicted octanol–water partition coefficient (Wildman–Crippen LogP) is 1.01. The Balaban J connectivity index is 3.50. The van der Waals surface area contributed by atoms with Crippen LogP contribution in [0.5, 0.6) is 0 Å². The van der Waals surface area contributed by atoms with Gasteiger partial charge in [-0.3, -0.25) is 10.4 Å². The molecule has 0 aliphatic heterocycles. The highest BCUT2D eigenvalue weighted by Gasteiger charge is 1.94. The molecular formula is C11H26N4O. The van der Waals surface area contributed by atoms with Gasteiger partial charge in [-0.15, -0.1) is 0 Å². The molecule has 0 atom stereocenters. The molecule has 0 saturated heterocycles. The van der Waals surface area contributed by atoms with Crippen molar-refractivity contribution in [1.29, 1.82) is 0 Å². The van der Waals surface area contributed by atoms with Crippen molar-refractivity contribution in [3.63, 3.8) is 0 Å². The van der Waals surface area contributed by atoms with Crippen molar-refractivity contribution in [1.82, 2.24) is 10.7 Å². The first kappa shape index (κ1) is 15.2. The van der Waals surface area contributed by atoms with E-state index in [1.807, 2.05) is 6.92 Å². The zero-order chi connectivity index (χ0) is 12.1. The standard InChI is InChI=1S/C11H26N4O/c1-3-5-6-8-13-11(15-12)14-9-7-10-16-4-2/h3-10,12H2,1-2H3,(H2,13,14,15). The number of guanidine groups is 1. The van der Waals surface area contributed by atoms with Crippen LogP contribution in [0, 0.1) is 0 Å². The van der Waals surface area contributed by atoms with Crippen LogP contribution in [0.15, 0.2) is 4.99 Å². The van der Waals surface area contributed by atoms with E-state index in [4.69, 9.17) is 10.6 Å². The second-order valence-corrected chi connectivity index (χ2v) is 3.56. The maximum Gasteiger partial charge on any atom is 0.205 e. The largest absolute Gasteiger partial charge is 0.382 e. The molecular weight excluding hydrogens is 204 g/mol. The summed E-state index contributed by atoms with van der Waals surface area (Å²) in [6.45, 7) is 7.35. The molecule has 0 unspecified atom stereocenters. The molecule has 0 spiro atoms. The molecule has 16 heavy (non-hydrogen) atoms. The van der Waals surface area contributed by atoms with Crippen LogP contribution in [0.3, 0.4) is 0 Å². The van der Waals surface area contributed by atoms with E-state index in [2.05, 4.69) is 22.7 Å². The Kier molecular flexibility index (Phi) is 11.6. The third-order valence-corrected chi connectivity index (χ3v) is 2.13. The van der Waals surface area contributed by atoms with Crippen LogP contribution in [0.25, 0.3) is 0 Å². The molecule has 0 saturated carbocycles. The van der Waals surface area contributed by atoms with Crippen LogP contribution in [0.2, 0.25) is 0 Å². The molecule has 0 amide bonds. The number of hydrogen-bond donors (Lipinski definition) is 3. The van der Waals surface area contributed by atoms with E-state index in [0.717, 1.165) is 39.1 Å². The quantitative estimate of drug-likeness (QED) is 0.182. The lowest BCUT2D eigenvalue weighted by molar-refractivity contribution is 0.146. The molecule has 0 aromatic rings. The molecule has 96 valence electrons. The summed E-state index contributed by atoms with van der Waals surface area (Å²) >= 11 is 0. The first-order chi connectivity index (χ1) is 7.85. The van der Waals surface area contributed by atoms with Gasteiger partial charge in [0.15, 0.2) is 0 Å². The molecule has 0 rings (SSSR count). The van der Waals surface area contributed by atoms with Crippen molar-refractivity contribution < 1.29 is 4.74 Å². The number of nitrogens with one attached hydrogen (secondary N) is 2. The van der Waals surface area contributed by atoms with Gasteiger partial charge in [0.2, 0.25) is 5.96 Å². The Hall–Kier alpha value is -0.810. The average Bonchev–Trinajstić information content (AvgIpc) is 2.31. The molecule has 0 heterocycles. The molecule has 4 N–H and O–H groups in total. The summed E-state index contributed by atoms with van der Waals surface area (Å²) in [7, 11) is 0. The van der Waals surface area contributed by atoms with Crippen molar-refractivity contribution in [2.45, 2.75) is 39.5 Å². The number of unbranched alkanes of at least 4 members (excludes halogenated alkanes) is 2. The Labute approximate surface area is 98.8 Å². The first-order valence-corrected chi connectivity index (χ1v) is 6.17. The van der Waals surface area contributed by atoms with Crippen LogP contribution in [-0.2, 0) is 4.74 Å². The van der Waals surface area contributed by atoms with Gasteiger partial charge in [-0.25, -0.2) is 5.84 Å². The van der Waals surface area contributed by atoms with Gasteiger partial charge < -0.3 is 10.1 Å². The minimum Gasteiger partial charge on any atom is -0.382 e. The van der Waals surface area contributed by atoms with Gasteiger partial charge in [0.05, 0.1) is 0 Å². The minimum absolute atomic E-state index is 0.674. The van der Waals surface area contributed by atoms with Crippen molar-refractivity contribution in [3.05, 3.63) is 0 Å². The smallest absolute Gasteiger partial charge is 0.205 e. The molecule has 0 aliphatic carbocycles. The number of hydrazine groups is 1. The van der Waals surface area contributed by atoms with E-state index in [1.165, 1.54) is 12.8 Å². The maximum absolute atomic E-state index is 5.35. The van der Waals surface area contributed by atoms with Gasteiger partial charge in [0.1, 0.15) is 0 Å². The molecule has 0 bridgehead atoms. The third kappa shape index (κ3) is 9.73. The number of hydrogen-bond acceptors (Lipinski definition) is 3. The van der Waals surface area contributed by atoms with Crippen LogP contribution in [0.4, 0.5) is 0 Å². The predicted molar refractivity (Wildman–Crippen MR) is 68.3 cm³/mol. The summed E-state index contributed by atoms with van der Waals surface area (Å²) in [5, 5.41) is 3.17. The fourth-order valence-corrected chi connectivity index (χ4v) is 1.24. The molecule has 0 fully saturated rings. The summed E-state index contributed by atoms with van der Waals surface area (Å²) in [6.07, 6.45) is 4.53. The third-order valence-electron chi connectivity index (χ3n) is 2.13. The van der Waals surface area contributed by atoms with Gasteiger partial charge in [0, 0.05) is 26.3 Å². The number of aliphatic imine (C=N–C) groups is 1. The number of rotatable bonds is 9. The normalized spacial score (nSPS) is 11.6. The van der Waals surface area contributed by atoms with Gasteiger partial charge in [-0.05, 0) is 19.8 Å². The first-order valence-electron chi connectivity index (χ1n) is 6.17. The van der Waals surface area contributed by atoms with Gasteiger partial charge in [0.25, 0.3) is 0 Å². The Morgan fingerprint density at radius 3 is 2.69 bits per heavy atom. The average molecular weight is 230 g/mol. The SMILES string of the molecule is CCCCCNC(=NCCCOCC)NN. The summed E-state index contributed by atoms with van der Waals surface area (Å²) in [6, 6.07) is 0. The summed E-state index contributed by atoms with van der Waals surface area (Å²) < 4.78 is 5.22. The monoisotopic (exact) mass is 230 g/mol. The van der Waals surface area contributed by atoms with Gasteiger partial charge in [-0.1, -0.05) is 19.8 Å². The van der Waals surface area contributed by atoms with Crippen molar-refractivity contribution in [2.24, 2.45) is 10.8 Å². The number of ether oxygens (including phenoxy) is 1. The Bertz CT molecular complexity index is 173. The van der Waals surface area contributed by atoms with E-state index in [-0.39, 0.29) is 0 Å². The lowest BCUT2D eigenvalue weighted by Crippen LogP contribution is -2.42. The van der Waals surface area contributed by atoms with Crippen LogP contribution in [-0.4, -0.2) is 32.3 Å². The highest BCUT2D eigenvalue weighted by atomic mass is 16.5. The van der Waals surface area contributed by atoms with E-state index in [0.29, 0.717) is 5.96 Å². The molecule has 0 aromatic heterocycles. The highest BCUT2D eigenvalue weighted by molar-refractivity contribution is 5.79. The van der Waals surface area contributed by atoms with Crippen molar-refractivity contribution >= 4 is 5.96 Å². The van der Waals surface area contributed by atoms with Crippen LogP contribution in [0.1, 0.15) is 39.5 Å². The fourth-order valence-electron chi connectivity index (χ4n) is 1.24. The number of nitrogens with zero attached hydrogens (tertiary/aromatic N) is 1. The van der Waals surface area contributed by atoms with Gasteiger partial charge >= 0.3 is 0 Å². The van der Waals surface area contributed by atoms with E-state index < -0.39 is 0 Å². The Morgan fingerprint density at radius 1 is 1.25 bits per heavy atom. The summed E-state index contributed by atoms with van der Waals surface area (Å²) in [5.41, 5.74) is 2.57.